The molecule has 0 fully saturated rings. The minimum atomic E-state index is -0.693. The summed E-state index contributed by atoms with van der Waals surface area (Å²) in [6.45, 7) is 2.33. The molecule has 2 N–H and O–H groups in total. The van der Waals surface area contributed by atoms with E-state index in [0.717, 1.165) is 6.42 Å². The van der Waals surface area contributed by atoms with E-state index in [4.69, 9.17) is 0 Å². The van der Waals surface area contributed by atoms with E-state index < -0.39 is 11.0 Å². The molecule has 0 radical (unpaired) electrons. The highest BCUT2D eigenvalue weighted by Gasteiger charge is 2.15. The number of nitro groups is 1. The maximum Gasteiger partial charge on any atom is 0.404 e. The van der Waals surface area contributed by atoms with E-state index in [2.05, 4.69) is 26.4 Å². The molecular formula is C17H17BrN2O5. The van der Waals surface area contributed by atoms with Crippen molar-refractivity contribution >= 4 is 33.5 Å². The zero-order valence-electron chi connectivity index (χ0n) is 13.5. The molecule has 0 atom stereocenters. The minimum Gasteiger partial charge on any atom is -0.450 e. The highest BCUT2D eigenvalue weighted by Crippen LogP contribution is 2.25. The molecule has 2 aromatic carbocycles. The van der Waals surface area contributed by atoms with Crippen LogP contribution in [0.5, 0.6) is 0 Å². The lowest BCUT2D eigenvalue weighted by Gasteiger charge is -2.03. The Labute approximate surface area is 153 Å². The van der Waals surface area contributed by atoms with Crippen molar-refractivity contribution < 1.29 is 19.2 Å². The second kappa shape index (κ2) is 10.2. The number of hydrogen-bond donors (Lipinski definition) is 1. The molecule has 0 saturated heterocycles. The normalized spacial score (nSPS) is 9.52. The van der Waals surface area contributed by atoms with E-state index in [9.17, 15) is 19.7 Å². The van der Waals surface area contributed by atoms with Crippen molar-refractivity contribution in [2.24, 2.45) is 5.73 Å². The highest BCUT2D eigenvalue weighted by atomic mass is 79.9. The Balaban J connectivity index is 0.000000381. The van der Waals surface area contributed by atoms with Gasteiger partial charge in [0.1, 0.15) is 0 Å². The lowest BCUT2D eigenvalue weighted by Crippen LogP contribution is -2.12. The largest absolute Gasteiger partial charge is 0.450 e. The number of benzene rings is 2. The van der Waals surface area contributed by atoms with Gasteiger partial charge in [-0.3, -0.25) is 14.9 Å². The van der Waals surface area contributed by atoms with Crippen LogP contribution in [-0.2, 0) is 4.74 Å². The molecule has 0 aromatic heterocycles. The Hall–Kier alpha value is -2.74. The number of amides is 1. The minimum absolute atomic E-state index is 0.0495. The number of rotatable bonds is 5. The average molecular weight is 409 g/mol. The van der Waals surface area contributed by atoms with Gasteiger partial charge in [-0.1, -0.05) is 37.3 Å². The first kappa shape index (κ1) is 20.3. The van der Waals surface area contributed by atoms with E-state index in [1.165, 1.54) is 18.2 Å². The lowest BCUT2D eigenvalue weighted by molar-refractivity contribution is -0.384. The summed E-state index contributed by atoms with van der Waals surface area (Å²) in [6.07, 6.45) is 0.130. The fourth-order valence-electron chi connectivity index (χ4n) is 1.75. The summed E-state index contributed by atoms with van der Waals surface area (Å²) in [5.41, 5.74) is 5.53. The number of carbonyl (C=O) groups excluding carboxylic acids is 2. The number of halogens is 1. The summed E-state index contributed by atoms with van der Waals surface area (Å²) >= 11 is 3.19. The number of hydrogen-bond acceptors (Lipinski definition) is 5. The molecule has 25 heavy (non-hydrogen) atoms. The van der Waals surface area contributed by atoms with Crippen molar-refractivity contribution in [2.45, 2.75) is 13.3 Å². The summed E-state index contributed by atoms with van der Waals surface area (Å²) in [5.74, 6) is -0.169. The number of non-ortho nitro benzene ring substituents is 1. The molecule has 0 spiro atoms. The standard InChI is InChI=1S/C13H8BrNO3.C4H9NO2/c14-12-8-10(15(17)18)6-7-11(12)13(16)9-4-2-1-3-5-9;1-2-3-7-4(5)6/h1-8H;2-3H2,1H3,(H2,5,6). The third-order valence-corrected chi connectivity index (χ3v) is 3.55. The van der Waals surface area contributed by atoms with Gasteiger partial charge in [-0.15, -0.1) is 0 Å². The van der Waals surface area contributed by atoms with E-state index in [0.29, 0.717) is 22.2 Å². The van der Waals surface area contributed by atoms with Crippen LogP contribution in [0.25, 0.3) is 0 Å². The number of nitro benzene ring substituents is 1. The van der Waals surface area contributed by atoms with Crippen LogP contribution in [0.2, 0.25) is 0 Å². The molecule has 7 nitrogen and oxygen atoms in total. The van der Waals surface area contributed by atoms with E-state index >= 15 is 0 Å². The van der Waals surface area contributed by atoms with Gasteiger partial charge in [0.05, 0.1) is 11.5 Å². The molecule has 132 valence electrons. The molecule has 0 aliphatic heterocycles. The molecular weight excluding hydrogens is 392 g/mol. The first-order valence-electron chi connectivity index (χ1n) is 7.32. The molecule has 2 aromatic rings. The van der Waals surface area contributed by atoms with Crippen molar-refractivity contribution in [2.75, 3.05) is 6.61 Å². The summed E-state index contributed by atoms with van der Waals surface area (Å²) in [6, 6.07) is 12.9. The van der Waals surface area contributed by atoms with Gasteiger partial charge in [0.15, 0.2) is 5.78 Å². The van der Waals surface area contributed by atoms with Gasteiger partial charge >= 0.3 is 6.09 Å². The number of ketones is 1. The predicted molar refractivity (Wildman–Crippen MR) is 96.5 cm³/mol. The molecule has 0 saturated carbocycles. The molecule has 1 amide bonds. The number of primary amides is 1. The number of nitrogens with two attached hydrogens (primary N) is 1. The van der Waals surface area contributed by atoms with Crippen LogP contribution in [-0.4, -0.2) is 23.4 Å². The van der Waals surface area contributed by atoms with Crippen LogP contribution in [0.1, 0.15) is 29.3 Å². The third-order valence-electron chi connectivity index (χ3n) is 2.89. The molecule has 2 rings (SSSR count). The summed E-state index contributed by atoms with van der Waals surface area (Å²) < 4.78 is 4.75. The van der Waals surface area contributed by atoms with E-state index in [1.807, 2.05) is 13.0 Å². The Morgan fingerprint density at radius 3 is 2.28 bits per heavy atom. The molecule has 0 unspecified atom stereocenters. The SMILES string of the molecule is CCCOC(N)=O.O=C(c1ccccc1)c1ccc([N+](=O)[O-])cc1Br. The van der Waals surface area contributed by atoms with Crippen LogP contribution in [0, 0.1) is 10.1 Å². The van der Waals surface area contributed by atoms with Crippen molar-refractivity contribution in [1.29, 1.82) is 0 Å². The third kappa shape index (κ3) is 6.72. The molecule has 0 aliphatic rings. The van der Waals surface area contributed by atoms with Gasteiger partial charge in [-0.05, 0) is 28.4 Å². The van der Waals surface area contributed by atoms with Crippen LogP contribution in [0.15, 0.2) is 53.0 Å². The van der Waals surface area contributed by atoms with Gasteiger partial charge in [-0.2, -0.15) is 0 Å². The van der Waals surface area contributed by atoms with Gasteiger partial charge in [0, 0.05) is 27.7 Å². The first-order chi connectivity index (χ1) is 11.9. The quantitative estimate of drug-likeness (QED) is 0.454. The summed E-state index contributed by atoms with van der Waals surface area (Å²) in [5, 5.41) is 10.6. The second-order valence-electron chi connectivity index (χ2n) is 4.78. The van der Waals surface area contributed by atoms with Crippen molar-refractivity contribution in [3.05, 3.63) is 74.2 Å². The van der Waals surface area contributed by atoms with Crippen molar-refractivity contribution in [3.8, 4) is 0 Å². The Morgan fingerprint density at radius 2 is 1.84 bits per heavy atom. The van der Waals surface area contributed by atoms with Crippen molar-refractivity contribution in [3.63, 3.8) is 0 Å². The first-order valence-corrected chi connectivity index (χ1v) is 8.12. The van der Waals surface area contributed by atoms with E-state index in [1.54, 1.807) is 24.3 Å². The Bertz CT molecular complexity index is 750. The molecule has 0 bridgehead atoms. The maximum absolute atomic E-state index is 12.1. The zero-order valence-corrected chi connectivity index (χ0v) is 15.1. The highest BCUT2D eigenvalue weighted by molar-refractivity contribution is 9.10. The smallest absolute Gasteiger partial charge is 0.404 e. The second-order valence-corrected chi connectivity index (χ2v) is 5.64. The lowest BCUT2D eigenvalue weighted by atomic mass is 10.0. The van der Waals surface area contributed by atoms with Gasteiger partial charge < -0.3 is 10.5 Å². The maximum atomic E-state index is 12.1. The van der Waals surface area contributed by atoms with Crippen LogP contribution >= 0.6 is 15.9 Å². The fraction of sp³-hybridized carbons (Fsp3) is 0.176. The van der Waals surface area contributed by atoms with Gasteiger partial charge in [0.2, 0.25) is 0 Å². The zero-order chi connectivity index (χ0) is 18.8. The van der Waals surface area contributed by atoms with Gasteiger partial charge in [-0.25, -0.2) is 4.79 Å². The number of nitrogens with zero attached hydrogens (tertiary/aromatic N) is 1. The average Bonchev–Trinajstić information content (AvgIpc) is 2.60. The monoisotopic (exact) mass is 408 g/mol. The Morgan fingerprint density at radius 1 is 1.20 bits per heavy atom. The van der Waals surface area contributed by atoms with E-state index in [-0.39, 0.29) is 11.5 Å². The fourth-order valence-corrected chi connectivity index (χ4v) is 2.30. The topological polar surface area (TPSA) is 113 Å². The predicted octanol–water partition coefficient (Wildman–Crippen LogP) is 4.08. The number of ether oxygens (including phenoxy) is 1. The molecule has 8 heteroatoms. The molecule has 0 aliphatic carbocycles. The summed E-state index contributed by atoms with van der Waals surface area (Å²) in [4.78, 5) is 32.0. The summed E-state index contributed by atoms with van der Waals surface area (Å²) in [7, 11) is 0. The number of carbonyl (C=O) groups is 2. The Kier molecular flexibility index (Phi) is 8.28. The van der Waals surface area contributed by atoms with Gasteiger partial charge in [0.25, 0.3) is 5.69 Å². The van der Waals surface area contributed by atoms with Crippen LogP contribution in [0.3, 0.4) is 0 Å². The molecule has 0 heterocycles. The van der Waals surface area contributed by atoms with Crippen molar-refractivity contribution in [1.82, 2.24) is 0 Å². The van der Waals surface area contributed by atoms with Crippen LogP contribution < -0.4 is 5.73 Å². The van der Waals surface area contributed by atoms with Crippen LogP contribution in [0.4, 0.5) is 10.5 Å².